The Bertz CT molecular complexity index is 339. The van der Waals surface area contributed by atoms with Gasteiger partial charge in [0.2, 0.25) is 0 Å². The smallest absolute Gasteiger partial charge is 0.166 e. The highest BCUT2D eigenvalue weighted by atomic mass is 32.2. The molecular formula is C10H20N2O2S2. The summed E-state index contributed by atoms with van der Waals surface area (Å²) in [5.41, 5.74) is 0. The standard InChI is InChI=1S/C10H20N2O2S2/c1-8(2)6-11-10(15)12-7-9-4-3-5-16(9,13)14/h8-9H,3-7H2,1-2H3,(H2,11,12,15). The average molecular weight is 264 g/mol. The molecule has 94 valence electrons. The van der Waals surface area contributed by atoms with Gasteiger partial charge in [0.1, 0.15) is 0 Å². The summed E-state index contributed by atoms with van der Waals surface area (Å²) in [6.07, 6.45) is 1.53. The zero-order chi connectivity index (χ0) is 12.2. The quantitative estimate of drug-likeness (QED) is 0.732. The maximum Gasteiger partial charge on any atom is 0.166 e. The summed E-state index contributed by atoms with van der Waals surface area (Å²) in [6.45, 7) is 5.43. The van der Waals surface area contributed by atoms with Crippen molar-refractivity contribution in [2.75, 3.05) is 18.8 Å². The van der Waals surface area contributed by atoms with Gasteiger partial charge >= 0.3 is 0 Å². The Balaban J connectivity index is 2.27. The molecule has 1 heterocycles. The first-order chi connectivity index (χ1) is 7.42. The van der Waals surface area contributed by atoms with Crippen LogP contribution in [0, 0.1) is 5.92 Å². The van der Waals surface area contributed by atoms with E-state index in [9.17, 15) is 8.42 Å². The fourth-order valence-electron chi connectivity index (χ4n) is 1.65. The fourth-order valence-corrected chi connectivity index (χ4v) is 3.59. The number of rotatable bonds is 4. The van der Waals surface area contributed by atoms with Crippen molar-refractivity contribution in [2.24, 2.45) is 5.92 Å². The molecule has 1 aliphatic rings. The Kier molecular flexibility index (Phi) is 4.98. The molecule has 0 aliphatic carbocycles. The molecule has 1 rings (SSSR count). The van der Waals surface area contributed by atoms with Crippen molar-refractivity contribution in [3.8, 4) is 0 Å². The highest BCUT2D eigenvalue weighted by Crippen LogP contribution is 2.18. The van der Waals surface area contributed by atoms with Gasteiger partial charge in [-0.15, -0.1) is 0 Å². The molecule has 1 unspecified atom stereocenters. The molecule has 2 N–H and O–H groups in total. The van der Waals surface area contributed by atoms with Gasteiger partial charge in [0, 0.05) is 13.1 Å². The third-order valence-corrected chi connectivity index (χ3v) is 5.19. The van der Waals surface area contributed by atoms with E-state index < -0.39 is 9.84 Å². The Morgan fingerprint density at radius 2 is 2.12 bits per heavy atom. The number of hydrogen-bond donors (Lipinski definition) is 2. The molecule has 1 aliphatic heterocycles. The lowest BCUT2D eigenvalue weighted by Crippen LogP contribution is -2.41. The molecule has 6 heteroatoms. The summed E-state index contributed by atoms with van der Waals surface area (Å²) < 4.78 is 23.1. The second kappa shape index (κ2) is 5.82. The van der Waals surface area contributed by atoms with E-state index in [-0.39, 0.29) is 5.25 Å². The van der Waals surface area contributed by atoms with E-state index >= 15 is 0 Å². The molecule has 4 nitrogen and oxygen atoms in total. The van der Waals surface area contributed by atoms with Crippen LogP contribution in [-0.4, -0.2) is 37.6 Å². The molecule has 0 bridgehead atoms. The van der Waals surface area contributed by atoms with Gasteiger partial charge in [-0.1, -0.05) is 13.8 Å². The van der Waals surface area contributed by atoms with E-state index in [0.29, 0.717) is 23.3 Å². The fraction of sp³-hybridized carbons (Fsp3) is 0.900. The van der Waals surface area contributed by atoms with Crippen LogP contribution in [0.3, 0.4) is 0 Å². The normalized spacial score (nSPS) is 23.3. The molecule has 0 radical (unpaired) electrons. The Morgan fingerprint density at radius 1 is 1.44 bits per heavy atom. The maximum atomic E-state index is 11.5. The van der Waals surface area contributed by atoms with E-state index in [1.807, 2.05) is 0 Å². The van der Waals surface area contributed by atoms with Crippen molar-refractivity contribution >= 4 is 27.2 Å². The summed E-state index contributed by atoms with van der Waals surface area (Å²) in [5.74, 6) is 0.848. The molecule has 0 aromatic heterocycles. The molecule has 16 heavy (non-hydrogen) atoms. The van der Waals surface area contributed by atoms with Gasteiger partial charge in [0.05, 0.1) is 11.0 Å². The van der Waals surface area contributed by atoms with E-state index in [4.69, 9.17) is 12.2 Å². The minimum Gasteiger partial charge on any atom is -0.362 e. The van der Waals surface area contributed by atoms with Crippen LogP contribution in [-0.2, 0) is 9.84 Å². The maximum absolute atomic E-state index is 11.5. The highest BCUT2D eigenvalue weighted by molar-refractivity contribution is 7.92. The zero-order valence-corrected chi connectivity index (χ0v) is 11.5. The molecule has 0 aromatic carbocycles. The van der Waals surface area contributed by atoms with Crippen LogP contribution in [0.15, 0.2) is 0 Å². The monoisotopic (exact) mass is 264 g/mol. The summed E-state index contributed by atoms with van der Waals surface area (Å²) >= 11 is 5.06. The van der Waals surface area contributed by atoms with Crippen LogP contribution in [0.1, 0.15) is 26.7 Å². The van der Waals surface area contributed by atoms with Crippen molar-refractivity contribution in [3.05, 3.63) is 0 Å². The third-order valence-electron chi connectivity index (χ3n) is 2.62. The van der Waals surface area contributed by atoms with Gasteiger partial charge < -0.3 is 10.6 Å². The Hall–Kier alpha value is -0.360. The zero-order valence-electron chi connectivity index (χ0n) is 9.82. The molecule has 0 saturated carbocycles. The van der Waals surface area contributed by atoms with E-state index in [2.05, 4.69) is 24.5 Å². The lowest BCUT2D eigenvalue weighted by Gasteiger charge is -2.14. The number of nitrogens with one attached hydrogen (secondary N) is 2. The minimum absolute atomic E-state index is 0.258. The van der Waals surface area contributed by atoms with Crippen LogP contribution in [0.4, 0.5) is 0 Å². The van der Waals surface area contributed by atoms with Crippen LogP contribution in [0.2, 0.25) is 0 Å². The second-order valence-corrected chi connectivity index (χ2v) is 7.42. The molecule has 0 aromatic rings. The van der Waals surface area contributed by atoms with Crippen molar-refractivity contribution in [1.82, 2.24) is 10.6 Å². The van der Waals surface area contributed by atoms with E-state index in [1.165, 1.54) is 0 Å². The van der Waals surface area contributed by atoms with Crippen LogP contribution in [0.5, 0.6) is 0 Å². The predicted octanol–water partition coefficient (Wildman–Crippen LogP) is 0.684. The predicted molar refractivity (Wildman–Crippen MR) is 70.3 cm³/mol. The summed E-state index contributed by atoms with van der Waals surface area (Å²) in [7, 11) is -2.86. The van der Waals surface area contributed by atoms with Gasteiger partial charge in [-0.2, -0.15) is 0 Å². The topological polar surface area (TPSA) is 58.2 Å². The molecular weight excluding hydrogens is 244 g/mol. The first-order valence-corrected chi connectivity index (χ1v) is 7.77. The van der Waals surface area contributed by atoms with Gasteiger partial charge in [-0.3, -0.25) is 0 Å². The first kappa shape index (κ1) is 13.7. The largest absolute Gasteiger partial charge is 0.362 e. The molecule has 1 fully saturated rings. The van der Waals surface area contributed by atoms with Crippen molar-refractivity contribution in [2.45, 2.75) is 31.9 Å². The Labute approximate surface area is 103 Å². The SMILES string of the molecule is CC(C)CNC(=S)NCC1CCCS1(=O)=O. The first-order valence-electron chi connectivity index (χ1n) is 5.65. The number of thiocarbonyl (C=S) groups is 1. The van der Waals surface area contributed by atoms with Crippen LogP contribution in [0.25, 0.3) is 0 Å². The Morgan fingerprint density at radius 3 is 2.62 bits per heavy atom. The summed E-state index contributed by atoms with van der Waals surface area (Å²) in [4.78, 5) is 0. The molecule has 1 atom stereocenters. The van der Waals surface area contributed by atoms with Gasteiger partial charge in [0.25, 0.3) is 0 Å². The van der Waals surface area contributed by atoms with Crippen molar-refractivity contribution in [1.29, 1.82) is 0 Å². The summed E-state index contributed by atoms with van der Waals surface area (Å²) in [6, 6.07) is 0. The molecule has 1 saturated heterocycles. The lowest BCUT2D eigenvalue weighted by molar-refractivity contribution is 0.584. The van der Waals surface area contributed by atoms with E-state index in [0.717, 1.165) is 19.4 Å². The third kappa shape index (κ3) is 4.25. The molecule has 0 amide bonds. The average Bonchev–Trinajstić information content (AvgIpc) is 2.51. The van der Waals surface area contributed by atoms with Gasteiger partial charge in [0.15, 0.2) is 14.9 Å². The lowest BCUT2D eigenvalue weighted by atomic mass is 10.2. The van der Waals surface area contributed by atoms with Crippen molar-refractivity contribution < 1.29 is 8.42 Å². The molecule has 0 spiro atoms. The van der Waals surface area contributed by atoms with Crippen LogP contribution >= 0.6 is 12.2 Å². The van der Waals surface area contributed by atoms with Crippen molar-refractivity contribution in [3.63, 3.8) is 0 Å². The summed E-state index contributed by atoms with van der Waals surface area (Å²) in [5, 5.41) is 6.33. The second-order valence-electron chi connectivity index (χ2n) is 4.62. The van der Waals surface area contributed by atoms with Gasteiger partial charge in [-0.25, -0.2) is 8.42 Å². The van der Waals surface area contributed by atoms with Crippen LogP contribution < -0.4 is 10.6 Å². The number of sulfone groups is 1. The number of hydrogen-bond acceptors (Lipinski definition) is 3. The van der Waals surface area contributed by atoms with Gasteiger partial charge in [-0.05, 0) is 31.0 Å². The minimum atomic E-state index is -2.86. The highest BCUT2D eigenvalue weighted by Gasteiger charge is 2.30. The van der Waals surface area contributed by atoms with E-state index in [1.54, 1.807) is 0 Å².